The number of amides is 2. The standard InChI is InChI=1S/C17H20N2O5S/c1-10(2)9-11(17(22)23-3)18-16(21)13-6-7-14(25-13)19-15(20)12-5-4-8-24-12/h4-8,10-11H,9H2,1-3H3,(H,18,21)(H,19,20). The lowest BCUT2D eigenvalue weighted by Gasteiger charge is -2.17. The van der Waals surface area contributed by atoms with Crippen LogP contribution in [0.25, 0.3) is 0 Å². The fraction of sp³-hybridized carbons (Fsp3) is 0.353. The molecule has 2 N–H and O–H groups in total. The van der Waals surface area contributed by atoms with Crippen molar-refractivity contribution in [2.45, 2.75) is 26.3 Å². The third kappa shape index (κ3) is 5.18. The molecule has 0 fully saturated rings. The Morgan fingerprint density at radius 3 is 2.56 bits per heavy atom. The molecule has 1 unspecified atom stereocenters. The van der Waals surface area contributed by atoms with Crippen molar-refractivity contribution in [2.24, 2.45) is 5.92 Å². The van der Waals surface area contributed by atoms with Crippen LogP contribution in [0.4, 0.5) is 5.00 Å². The van der Waals surface area contributed by atoms with Crippen LogP contribution in [0.2, 0.25) is 0 Å². The van der Waals surface area contributed by atoms with Crippen molar-refractivity contribution in [1.29, 1.82) is 0 Å². The molecule has 7 nitrogen and oxygen atoms in total. The van der Waals surface area contributed by atoms with Gasteiger partial charge in [0.15, 0.2) is 5.76 Å². The molecule has 0 aliphatic carbocycles. The molecular weight excluding hydrogens is 344 g/mol. The number of hydrogen-bond acceptors (Lipinski definition) is 6. The Labute approximate surface area is 149 Å². The summed E-state index contributed by atoms with van der Waals surface area (Å²) in [5, 5.41) is 5.83. The summed E-state index contributed by atoms with van der Waals surface area (Å²) >= 11 is 1.11. The zero-order valence-corrected chi connectivity index (χ0v) is 15.0. The van der Waals surface area contributed by atoms with Gasteiger partial charge in [-0.1, -0.05) is 13.8 Å². The number of thiophene rings is 1. The molecule has 25 heavy (non-hydrogen) atoms. The highest BCUT2D eigenvalue weighted by Crippen LogP contribution is 2.23. The normalized spacial score (nSPS) is 11.8. The highest BCUT2D eigenvalue weighted by Gasteiger charge is 2.24. The highest BCUT2D eigenvalue weighted by molar-refractivity contribution is 7.18. The zero-order chi connectivity index (χ0) is 18.4. The molecule has 2 aromatic heterocycles. The van der Waals surface area contributed by atoms with Crippen LogP contribution in [0, 0.1) is 5.92 Å². The molecule has 0 spiro atoms. The summed E-state index contributed by atoms with van der Waals surface area (Å²) < 4.78 is 9.74. The maximum Gasteiger partial charge on any atom is 0.328 e. The number of esters is 1. The SMILES string of the molecule is COC(=O)C(CC(C)C)NC(=O)c1ccc(NC(=O)c2ccco2)s1. The number of ether oxygens (including phenoxy) is 1. The van der Waals surface area contributed by atoms with Crippen LogP contribution in [-0.4, -0.2) is 30.9 Å². The number of nitrogens with one attached hydrogen (secondary N) is 2. The summed E-state index contributed by atoms with van der Waals surface area (Å²) in [7, 11) is 1.29. The zero-order valence-electron chi connectivity index (χ0n) is 14.2. The lowest BCUT2D eigenvalue weighted by Crippen LogP contribution is -2.42. The molecule has 2 aromatic rings. The molecule has 1 atom stereocenters. The predicted molar refractivity (Wildman–Crippen MR) is 93.7 cm³/mol. The number of methoxy groups -OCH3 is 1. The van der Waals surface area contributed by atoms with Gasteiger partial charge in [0.05, 0.1) is 23.3 Å². The number of rotatable bonds is 7. The highest BCUT2D eigenvalue weighted by atomic mass is 32.1. The summed E-state index contributed by atoms with van der Waals surface area (Å²) in [5.74, 6) is -0.867. The minimum absolute atomic E-state index is 0.182. The van der Waals surface area contributed by atoms with Crippen LogP contribution in [0.15, 0.2) is 34.9 Å². The number of furan rings is 1. The average Bonchev–Trinajstić information content (AvgIpc) is 3.24. The first-order valence-corrected chi connectivity index (χ1v) is 8.55. The number of hydrogen-bond donors (Lipinski definition) is 2. The first kappa shape index (κ1) is 18.7. The van der Waals surface area contributed by atoms with Gasteiger partial charge in [0.1, 0.15) is 6.04 Å². The van der Waals surface area contributed by atoms with E-state index < -0.39 is 17.9 Å². The van der Waals surface area contributed by atoms with E-state index in [9.17, 15) is 14.4 Å². The molecule has 0 aliphatic heterocycles. The molecule has 8 heteroatoms. The van der Waals surface area contributed by atoms with E-state index in [4.69, 9.17) is 9.15 Å². The number of anilines is 1. The molecule has 2 heterocycles. The van der Waals surface area contributed by atoms with Gasteiger partial charge in [0.2, 0.25) is 0 Å². The third-order valence-electron chi connectivity index (χ3n) is 3.31. The van der Waals surface area contributed by atoms with Crippen LogP contribution in [0.5, 0.6) is 0 Å². The fourth-order valence-electron chi connectivity index (χ4n) is 2.17. The van der Waals surface area contributed by atoms with Crippen molar-refractivity contribution in [2.75, 3.05) is 12.4 Å². The average molecular weight is 364 g/mol. The first-order valence-electron chi connectivity index (χ1n) is 7.74. The Morgan fingerprint density at radius 1 is 1.20 bits per heavy atom. The van der Waals surface area contributed by atoms with E-state index in [1.165, 1.54) is 13.4 Å². The molecule has 0 bridgehead atoms. The molecule has 0 radical (unpaired) electrons. The fourth-order valence-corrected chi connectivity index (χ4v) is 2.97. The van der Waals surface area contributed by atoms with Gasteiger partial charge >= 0.3 is 5.97 Å². The molecule has 0 saturated heterocycles. The van der Waals surface area contributed by atoms with Crippen molar-refractivity contribution >= 4 is 34.1 Å². The quantitative estimate of drug-likeness (QED) is 0.736. The Morgan fingerprint density at radius 2 is 1.96 bits per heavy atom. The monoisotopic (exact) mass is 364 g/mol. The molecule has 2 amide bonds. The van der Waals surface area contributed by atoms with Crippen molar-refractivity contribution in [1.82, 2.24) is 5.32 Å². The second-order valence-electron chi connectivity index (χ2n) is 5.77. The van der Waals surface area contributed by atoms with E-state index in [1.54, 1.807) is 24.3 Å². The van der Waals surface area contributed by atoms with Gasteiger partial charge in [-0.2, -0.15) is 0 Å². The summed E-state index contributed by atoms with van der Waals surface area (Å²) in [5.41, 5.74) is 0. The van der Waals surface area contributed by atoms with Crippen molar-refractivity contribution in [3.63, 3.8) is 0 Å². The Bertz CT molecular complexity index is 736. The Balaban J connectivity index is 2.01. The van der Waals surface area contributed by atoms with Crippen molar-refractivity contribution < 1.29 is 23.5 Å². The summed E-state index contributed by atoms with van der Waals surface area (Å²) in [6.45, 7) is 3.91. The second-order valence-corrected chi connectivity index (χ2v) is 6.86. The van der Waals surface area contributed by atoms with Gasteiger partial charge in [-0.15, -0.1) is 11.3 Å². The minimum atomic E-state index is -0.708. The Hall–Kier alpha value is -2.61. The van der Waals surface area contributed by atoms with Gasteiger partial charge in [-0.25, -0.2) is 4.79 Å². The van der Waals surface area contributed by atoms with E-state index >= 15 is 0 Å². The van der Waals surface area contributed by atoms with Crippen molar-refractivity contribution in [3.05, 3.63) is 41.2 Å². The molecule has 0 saturated carbocycles. The van der Waals surface area contributed by atoms with Crippen LogP contribution < -0.4 is 10.6 Å². The molecule has 0 aromatic carbocycles. The molecule has 134 valence electrons. The van der Waals surface area contributed by atoms with Gasteiger partial charge in [0.25, 0.3) is 11.8 Å². The van der Waals surface area contributed by atoms with Crippen LogP contribution >= 0.6 is 11.3 Å². The van der Waals surface area contributed by atoms with Gasteiger partial charge in [-0.05, 0) is 36.6 Å². The summed E-state index contributed by atoms with van der Waals surface area (Å²) in [6, 6.07) is 5.66. The summed E-state index contributed by atoms with van der Waals surface area (Å²) in [4.78, 5) is 36.4. The lowest BCUT2D eigenvalue weighted by molar-refractivity contribution is -0.143. The Kier molecular flexibility index (Phi) is 6.35. The third-order valence-corrected chi connectivity index (χ3v) is 4.31. The molecule has 2 rings (SSSR count). The van der Waals surface area contributed by atoms with E-state index in [-0.39, 0.29) is 17.6 Å². The van der Waals surface area contributed by atoms with Gasteiger partial charge in [-0.3, -0.25) is 9.59 Å². The second kappa shape index (κ2) is 8.48. The topological polar surface area (TPSA) is 97.6 Å². The van der Waals surface area contributed by atoms with E-state index in [1.807, 2.05) is 13.8 Å². The van der Waals surface area contributed by atoms with E-state index in [0.717, 1.165) is 11.3 Å². The number of carbonyl (C=O) groups excluding carboxylic acids is 3. The largest absolute Gasteiger partial charge is 0.467 e. The van der Waals surface area contributed by atoms with Gasteiger partial charge in [0, 0.05) is 0 Å². The smallest absolute Gasteiger partial charge is 0.328 e. The number of carbonyl (C=O) groups is 3. The van der Waals surface area contributed by atoms with Crippen molar-refractivity contribution in [3.8, 4) is 0 Å². The van der Waals surface area contributed by atoms with Crippen LogP contribution in [0.3, 0.4) is 0 Å². The lowest BCUT2D eigenvalue weighted by atomic mass is 10.0. The summed E-state index contributed by atoms with van der Waals surface area (Å²) in [6.07, 6.45) is 1.88. The van der Waals surface area contributed by atoms with E-state index in [0.29, 0.717) is 16.3 Å². The van der Waals surface area contributed by atoms with Crippen LogP contribution in [-0.2, 0) is 9.53 Å². The molecule has 0 aliphatic rings. The first-order chi connectivity index (χ1) is 11.9. The van der Waals surface area contributed by atoms with Crippen LogP contribution in [0.1, 0.15) is 40.5 Å². The van der Waals surface area contributed by atoms with E-state index in [2.05, 4.69) is 10.6 Å². The maximum absolute atomic E-state index is 12.3. The predicted octanol–water partition coefficient (Wildman–Crippen LogP) is 2.91. The molecular formula is C17H20N2O5S. The van der Waals surface area contributed by atoms with Gasteiger partial charge < -0.3 is 19.8 Å². The minimum Gasteiger partial charge on any atom is -0.467 e. The maximum atomic E-state index is 12.3.